The summed E-state index contributed by atoms with van der Waals surface area (Å²) in [6.45, 7) is 9.82. The molecule has 0 radical (unpaired) electrons. The molecule has 0 spiro atoms. The van der Waals surface area contributed by atoms with Gasteiger partial charge in [-0.1, -0.05) is 36.4 Å². The Kier molecular flexibility index (Phi) is 34.8. The number of aromatic nitrogens is 11. The Morgan fingerprint density at radius 2 is 0.735 bits per heavy atom. The van der Waals surface area contributed by atoms with Gasteiger partial charge in [-0.15, -0.1) is 0 Å². The second kappa shape index (κ2) is 44.9. The van der Waals surface area contributed by atoms with Crippen molar-refractivity contribution in [1.82, 2.24) is 54.3 Å². The number of ketones is 3. The van der Waals surface area contributed by atoms with Crippen LogP contribution in [0, 0.1) is 46.7 Å². The van der Waals surface area contributed by atoms with Crippen LogP contribution in [0.25, 0.3) is 23.3 Å². The second-order valence-electron chi connectivity index (χ2n) is 36.0. The average molecular weight is 2320 g/mol. The van der Waals surface area contributed by atoms with Crippen molar-refractivity contribution in [3.05, 3.63) is 301 Å². The number of primary amides is 2. The number of nitrogens with two attached hydrogens (primary N) is 2. The van der Waals surface area contributed by atoms with E-state index < -0.39 is 265 Å². The third kappa shape index (κ3) is 25.9. The maximum Gasteiger partial charge on any atom is 1.00 e. The largest absolute Gasteiger partial charge is 1.00 e. The Bertz CT molecular complexity index is 6890. The summed E-state index contributed by atoms with van der Waals surface area (Å²) in [6, 6.07) is 20.5. The Morgan fingerprint density at radius 1 is 0.422 bits per heavy atom. The van der Waals surface area contributed by atoms with Gasteiger partial charge < -0.3 is 32.6 Å². The third-order valence-electron chi connectivity index (χ3n) is 25.0. The first-order chi connectivity index (χ1) is 68.3. The monoisotopic (exact) mass is 2320 g/mol. The van der Waals surface area contributed by atoms with Crippen molar-refractivity contribution < 1.29 is 156 Å². The topological polar surface area (TPSA) is 298 Å². The fourth-order valence-electron chi connectivity index (χ4n) is 17.8. The minimum Gasteiger partial charge on any atom is -0.512 e. The van der Waals surface area contributed by atoms with Crippen molar-refractivity contribution in [2.45, 2.75) is 221 Å². The van der Waals surface area contributed by atoms with E-state index in [1.165, 1.54) is 36.0 Å². The van der Waals surface area contributed by atoms with Gasteiger partial charge in [-0.3, -0.25) is 48.0 Å². The maximum absolute atomic E-state index is 15.0. The Hall–Kier alpha value is -11.8. The van der Waals surface area contributed by atoms with Gasteiger partial charge in [0.15, 0.2) is 17.3 Å². The Labute approximate surface area is 856 Å². The summed E-state index contributed by atoms with van der Waals surface area (Å²) in [7, 11) is -0.318. The van der Waals surface area contributed by atoms with Crippen molar-refractivity contribution in [3.8, 4) is 11.1 Å². The van der Waals surface area contributed by atoms with E-state index in [-0.39, 0.29) is 118 Å². The van der Waals surface area contributed by atoms with Gasteiger partial charge >= 0.3 is 24.2 Å². The quantitative estimate of drug-likeness (QED) is 0.0199. The van der Waals surface area contributed by atoms with E-state index in [9.17, 15) is 129 Å². The number of allylic oxidation sites excluding steroid dienone is 2. The van der Waals surface area contributed by atoms with Crippen LogP contribution < -0.4 is 16.9 Å². The molecule has 1 aliphatic heterocycles. The molecule has 1 fully saturated rings. The molecule has 5 aliphatic carbocycles. The number of hydrogen-bond acceptors (Lipinski definition) is 16. The van der Waals surface area contributed by atoms with Crippen LogP contribution in [0.2, 0.25) is 0 Å². The van der Waals surface area contributed by atoms with E-state index in [4.69, 9.17) is 32.6 Å². The first-order valence-electron chi connectivity index (χ1n) is 44.1. The number of nitrogens with zero attached hydrogens (tertiary/aromatic N) is 12. The molecule has 9 heterocycles. The van der Waals surface area contributed by atoms with Crippen molar-refractivity contribution in [3.63, 3.8) is 0 Å². The number of carbonyl (C=O) groups excluding carboxylic acids is 5. The van der Waals surface area contributed by atoms with Gasteiger partial charge in [0.05, 0.1) is 56.4 Å². The summed E-state index contributed by atoms with van der Waals surface area (Å²) < 4.78 is 355. The fourth-order valence-corrected chi connectivity index (χ4v) is 19.2. The molecule has 17 rings (SSSR count). The number of halogens is 27. The Morgan fingerprint density at radius 3 is 1.09 bits per heavy atom. The number of alkyl halides is 18. The predicted molar refractivity (Wildman–Crippen MR) is 486 cm³/mol. The molecule has 21 nitrogen and oxygen atoms in total. The van der Waals surface area contributed by atoms with Crippen LogP contribution in [0.5, 0.6) is 0 Å². The maximum atomic E-state index is 15.0. The molecule has 3 atom stereocenters. The van der Waals surface area contributed by atoms with Gasteiger partial charge in [-0.05, 0) is 195 Å². The van der Waals surface area contributed by atoms with E-state index in [1.807, 2.05) is 18.3 Å². The molecule has 147 heavy (non-hydrogen) atoms. The van der Waals surface area contributed by atoms with Gasteiger partial charge in [-0.2, -0.15) is 41.6 Å². The average Bonchev–Trinajstić information content (AvgIpc) is 1.59. The van der Waals surface area contributed by atoms with Crippen LogP contribution >= 0.6 is 47.8 Å². The summed E-state index contributed by atoms with van der Waals surface area (Å²) >= 11 is 9.72. The number of hydrogen-bond donors (Lipinski definition) is 2. The van der Waals surface area contributed by atoms with Crippen molar-refractivity contribution >= 4 is 102 Å². The van der Waals surface area contributed by atoms with Crippen LogP contribution in [-0.2, 0) is 128 Å². The molecule has 0 bridgehead atoms. The van der Waals surface area contributed by atoms with Gasteiger partial charge in [0, 0.05) is 145 Å². The van der Waals surface area contributed by atoms with E-state index >= 15 is 0 Å². The summed E-state index contributed by atoms with van der Waals surface area (Å²) in [6.07, 6.45) is -8.38. The normalized spacial score (nSPS) is 17.2. The number of Topliss-reactive ketones (excluding diaryl/α,β-unsaturated/α-hetero) is 3. The van der Waals surface area contributed by atoms with Crippen molar-refractivity contribution in [2.24, 2.45) is 11.5 Å². The first-order valence-corrected chi connectivity index (χ1v) is 46.5. The Balaban J connectivity index is 0.000000179. The van der Waals surface area contributed by atoms with Crippen LogP contribution in [0.3, 0.4) is 0 Å². The third-order valence-corrected chi connectivity index (χ3v) is 26.7. The molecule has 8 aromatic heterocycles. The van der Waals surface area contributed by atoms with Crippen molar-refractivity contribution in [1.29, 1.82) is 5.26 Å². The van der Waals surface area contributed by atoms with E-state index in [0.717, 1.165) is 65.2 Å². The van der Waals surface area contributed by atoms with E-state index in [1.54, 1.807) is 18.2 Å². The number of amides is 2. The molecule has 0 unspecified atom stereocenters. The molecule has 4 N–H and O–H groups in total. The minimum absolute atomic E-state index is 0. The van der Waals surface area contributed by atoms with Crippen LogP contribution in [0.1, 0.15) is 251 Å². The number of carbonyl (C=O) groups is 5. The molecule has 3 aromatic carbocycles. The molecular formula is C97H79BBr3CuF24N14O7. The van der Waals surface area contributed by atoms with Gasteiger partial charge in [0.1, 0.15) is 105 Å². The van der Waals surface area contributed by atoms with Crippen molar-refractivity contribution in [2.75, 3.05) is 0 Å². The number of benzene rings is 3. The van der Waals surface area contributed by atoms with E-state index in [2.05, 4.69) is 134 Å². The zero-order valence-electron chi connectivity index (χ0n) is 76.7. The predicted octanol–water partition coefficient (Wildman–Crippen LogP) is 23.5. The second-order valence-corrected chi connectivity index (χ2v) is 38.5. The number of pyridine rings is 5. The molecule has 1 saturated heterocycles. The summed E-state index contributed by atoms with van der Waals surface area (Å²) in [5, 5.41) is 16.2. The summed E-state index contributed by atoms with van der Waals surface area (Å²) in [5.41, 5.74) is 2.42. The molecule has 11 aromatic rings. The SMILES string of the molecule is CC1(C)OB(c2cnc3c(c2)C=CC3)OC1(C)C.NC(=O)c1ccc(-c2cnc3c(c2)C=CC3)c([C@@H](CC(=O)Cn2nc(C(F)F)c3c2C(F)(F)CCC3(F)F)Cc2cc(F)cc(F)c2)n1.NC(=O)c1ccc(Br)c([C@@H](CC(=O)Cn2nc(C(F)F)c3c2C(F)(F)CCC3(F)F)Cc2cc(F)cc(F)c2)n1.O=C(C[C@@H](Cc1cc(F)cc(F)c1)c1nc(Br)ccc1Br)Cn1nc(C(F)F)c2c1C(F)(F)CCC2(F)F.[C-]#N.[Cu+]. The van der Waals surface area contributed by atoms with Crippen LogP contribution in [0.4, 0.5) is 105 Å². The molecular weight excluding hydrogens is 2240 g/mol. The van der Waals surface area contributed by atoms with E-state index in [0.29, 0.717) is 44.8 Å². The zero-order valence-corrected chi connectivity index (χ0v) is 82.4. The van der Waals surface area contributed by atoms with Crippen LogP contribution in [0.15, 0.2) is 141 Å². The summed E-state index contributed by atoms with van der Waals surface area (Å²) in [5.74, 6) is -36.9. The number of rotatable bonds is 28. The van der Waals surface area contributed by atoms with Gasteiger partial charge in [0.25, 0.3) is 66.6 Å². The van der Waals surface area contributed by atoms with Crippen LogP contribution in [-0.4, -0.2) is 102 Å². The standard InChI is InChI=1S/C33H25F8N5O2.C25H19BrF8N4O2.C24H17Br2F8N3O.C14H18BNO2.CN.Cu/c34-20-9-16(10-21(35)13-20)8-18(27-23(4-5-25(44-27)31(42)48)19-11-17-2-1-3-24(17)43-14-19)12-22(47)15-46-29-26(28(45-46)30(36)37)32(38,39)6-7-33(29,40)41;26-16-1-2-17(23(35)40)36-19(16)12(5-11-6-13(27)9-14(28)7-11)8-15(39)10-38-21-18(20(37-38)22(29)30)24(31,32)3-4-25(21,33)34;25-16-1-2-17(26)35-19(16)12(5-11-6-13(27)9-14(28)7-11)8-15(38)10-37-21-18(20(36-37)22(29)30)23(31,32)3-4-24(21,33)34;1-13(2)14(3,4)18-15(17-13)11-8-10-6-5-7-12(10)16-9-11;1-2;/h1-2,4-5,9-11,13-14,18,30H,3,6-8,12,15H2,(H2,42,48);1-2,6-7,9,12,22H,3-5,8,10H2,(H2,35,40);1-2,6-7,9,12,22H,3-5,8,10H2;5-6,8-9H,7H2,1-4H3;;/q;;;;-1;+1/t18-;2*12-;;;/m111.../s1. The fraction of sp³-hybridized carbons (Fsp3) is 0.361. The molecule has 50 heteroatoms. The molecule has 6 aliphatic rings. The minimum atomic E-state index is -4.04. The molecule has 782 valence electrons. The molecule has 0 saturated carbocycles. The zero-order chi connectivity index (χ0) is 107. The van der Waals surface area contributed by atoms with Gasteiger partial charge in [0.2, 0.25) is 0 Å². The first kappa shape index (κ1) is 114. The smallest absolute Gasteiger partial charge is 0.512 e. The van der Waals surface area contributed by atoms with Gasteiger partial charge in [-0.25, -0.2) is 94.0 Å². The summed E-state index contributed by atoms with van der Waals surface area (Å²) in [4.78, 5) is 85.4. The number of fused-ring (bicyclic) bond motifs is 5. The molecule has 2 amide bonds.